The van der Waals surface area contributed by atoms with Gasteiger partial charge in [-0.2, -0.15) is 10.4 Å². The first kappa shape index (κ1) is 8.91. The van der Waals surface area contributed by atoms with Crippen LogP contribution in [0.25, 0.3) is 0 Å². The Balaban J connectivity index is 2.26. The highest BCUT2D eigenvalue weighted by Gasteiger charge is 2.15. The van der Waals surface area contributed by atoms with Gasteiger partial charge in [-0.1, -0.05) is 0 Å². The van der Waals surface area contributed by atoms with Crippen molar-refractivity contribution in [3.8, 4) is 6.07 Å². The number of anilines is 1. The number of hydrogen-bond donors (Lipinski definition) is 0. The van der Waals surface area contributed by atoms with Gasteiger partial charge in [0.15, 0.2) is 5.82 Å². The Morgan fingerprint density at radius 2 is 2.21 bits per heavy atom. The number of nitrogens with zero attached hydrogens (tertiary/aromatic N) is 4. The van der Waals surface area contributed by atoms with Gasteiger partial charge in [0.2, 0.25) is 0 Å². The average molecular weight is 190 g/mol. The van der Waals surface area contributed by atoms with Crippen LogP contribution in [0.2, 0.25) is 0 Å². The first-order chi connectivity index (χ1) is 6.92. The lowest BCUT2D eigenvalue weighted by Crippen LogP contribution is -2.37. The van der Waals surface area contributed by atoms with Crippen LogP contribution < -0.4 is 4.90 Å². The van der Waals surface area contributed by atoms with Gasteiger partial charge in [0.1, 0.15) is 6.07 Å². The fourth-order valence-corrected chi connectivity index (χ4v) is 1.42. The summed E-state index contributed by atoms with van der Waals surface area (Å²) in [4.78, 5) is 2.02. The Morgan fingerprint density at radius 1 is 1.43 bits per heavy atom. The zero-order chi connectivity index (χ0) is 9.80. The van der Waals surface area contributed by atoms with Crippen molar-refractivity contribution in [2.75, 3.05) is 31.2 Å². The molecule has 0 saturated carbocycles. The maximum absolute atomic E-state index is 8.87. The topological polar surface area (TPSA) is 62.0 Å². The van der Waals surface area contributed by atoms with E-state index in [0.717, 1.165) is 13.1 Å². The van der Waals surface area contributed by atoms with E-state index in [9.17, 15) is 0 Å². The summed E-state index contributed by atoms with van der Waals surface area (Å²) in [5.74, 6) is 0.665. The predicted molar refractivity (Wildman–Crippen MR) is 49.8 cm³/mol. The van der Waals surface area contributed by atoms with E-state index in [0.29, 0.717) is 24.6 Å². The van der Waals surface area contributed by atoms with Gasteiger partial charge < -0.3 is 9.64 Å². The second kappa shape index (κ2) is 4.03. The van der Waals surface area contributed by atoms with E-state index in [2.05, 4.69) is 16.3 Å². The van der Waals surface area contributed by atoms with Crippen molar-refractivity contribution >= 4 is 5.82 Å². The smallest absolute Gasteiger partial charge is 0.169 e. The number of morpholine rings is 1. The van der Waals surface area contributed by atoms with Crippen LogP contribution in [0.4, 0.5) is 5.82 Å². The van der Waals surface area contributed by atoms with Crippen LogP contribution in [0.1, 0.15) is 5.56 Å². The lowest BCUT2D eigenvalue weighted by Gasteiger charge is -2.27. The third-order valence-corrected chi connectivity index (χ3v) is 2.13. The van der Waals surface area contributed by atoms with Gasteiger partial charge in [-0.3, -0.25) is 0 Å². The van der Waals surface area contributed by atoms with Crippen LogP contribution >= 0.6 is 0 Å². The van der Waals surface area contributed by atoms with Crippen molar-refractivity contribution in [2.24, 2.45) is 0 Å². The summed E-state index contributed by atoms with van der Waals surface area (Å²) in [6.07, 6.45) is 1.53. The third-order valence-electron chi connectivity index (χ3n) is 2.13. The van der Waals surface area contributed by atoms with Gasteiger partial charge in [-0.15, -0.1) is 5.10 Å². The molecule has 5 nitrogen and oxygen atoms in total. The lowest BCUT2D eigenvalue weighted by molar-refractivity contribution is 0.122. The van der Waals surface area contributed by atoms with E-state index < -0.39 is 0 Å². The molecule has 1 aliphatic heterocycles. The van der Waals surface area contributed by atoms with Crippen molar-refractivity contribution in [3.05, 3.63) is 17.8 Å². The highest BCUT2D eigenvalue weighted by atomic mass is 16.5. The summed E-state index contributed by atoms with van der Waals surface area (Å²) in [5, 5.41) is 16.6. The minimum absolute atomic E-state index is 0.571. The minimum atomic E-state index is 0.571. The molecule has 2 rings (SSSR count). The van der Waals surface area contributed by atoms with Crippen LogP contribution in [-0.2, 0) is 4.74 Å². The molecule has 0 spiro atoms. The Kier molecular flexibility index (Phi) is 2.56. The first-order valence-corrected chi connectivity index (χ1v) is 4.46. The molecule has 14 heavy (non-hydrogen) atoms. The predicted octanol–water partition coefficient (Wildman–Crippen LogP) is 0.185. The van der Waals surface area contributed by atoms with Gasteiger partial charge in [0.05, 0.1) is 25.0 Å². The molecule has 0 aromatic carbocycles. The van der Waals surface area contributed by atoms with Gasteiger partial charge in [-0.05, 0) is 6.07 Å². The number of rotatable bonds is 1. The highest BCUT2D eigenvalue weighted by molar-refractivity contribution is 5.52. The molecule has 1 aromatic heterocycles. The summed E-state index contributed by atoms with van der Waals surface area (Å²) in [5.41, 5.74) is 0.571. The maximum atomic E-state index is 8.87. The van der Waals surface area contributed by atoms with E-state index in [4.69, 9.17) is 10.00 Å². The van der Waals surface area contributed by atoms with Crippen molar-refractivity contribution in [1.82, 2.24) is 10.2 Å². The van der Waals surface area contributed by atoms with E-state index >= 15 is 0 Å². The van der Waals surface area contributed by atoms with E-state index in [1.165, 1.54) is 6.20 Å². The molecule has 1 saturated heterocycles. The monoisotopic (exact) mass is 190 g/mol. The Morgan fingerprint density at radius 3 is 2.93 bits per heavy atom. The molecule has 0 amide bonds. The highest BCUT2D eigenvalue weighted by Crippen LogP contribution is 2.15. The zero-order valence-corrected chi connectivity index (χ0v) is 7.68. The summed E-state index contributed by atoms with van der Waals surface area (Å²) in [6, 6.07) is 3.79. The molecule has 1 fully saturated rings. The van der Waals surface area contributed by atoms with Gasteiger partial charge in [-0.25, -0.2) is 0 Å². The molecule has 0 atom stereocenters. The molecule has 2 heterocycles. The number of nitriles is 1. The van der Waals surface area contributed by atoms with Gasteiger partial charge in [0, 0.05) is 13.1 Å². The van der Waals surface area contributed by atoms with Crippen molar-refractivity contribution in [1.29, 1.82) is 5.26 Å². The molecule has 0 N–H and O–H groups in total. The molecule has 0 radical (unpaired) electrons. The summed E-state index contributed by atoms with van der Waals surface area (Å²) >= 11 is 0. The molecule has 0 unspecified atom stereocenters. The molecular weight excluding hydrogens is 180 g/mol. The normalized spacial score (nSPS) is 16.4. The van der Waals surface area contributed by atoms with Crippen LogP contribution in [0, 0.1) is 11.3 Å². The second-order valence-electron chi connectivity index (χ2n) is 2.98. The molecule has 1 aromatic rings. The molecular formula is C9H10N4O. The van der Waals surface area contributed by atoms with E-state index in [-0.39, 0.29) is 0 Å². The van der Waals surface area contributed by atoms with E-state index in [1.807, 2.05) is 4.90 Å². The maximum Gasteiger partial charge on any atom is 0.169 e. The average Bonchev–Trinajstić information content (AvgIpc) is 2.30. The molecule has 0 aliphatic carbocycles. The summed E-state index contributed by atoms with van der Waals surface area (Å²) < 4.78 is 5.22. The van der Waals surface area contributed by atoms with E-state index in [1.54, 1.807) is 6.07 Å². The fraction of sp³-hybridized carbons (Fsp3) is 0.444. The second-order valence-corrected chi connectivity index (χ2v) is 2.98. The quantitative estimate of drug-likeness (QED) is 0.632. The van der Waals surface area contributed by atoms with Crippen LogP contribution in [0.3, 0.4) is 0 Å². The SMILES string of the molecule is N#Cc1ccnnc1N1CCOCC1. The number of aromatic nitrogens is 2. The van der Waals surface area contributed by atoms with Gasteiger partial charge in [0.25, 0.3) is 0 Å². The number of hydrogen-bond acceptors (Lipinski definition) is 5. The summed E-state index contributed by atoms with van der Waals surface area (Å²) in [6.45, 7) is 2.91. The number of ether oxygens (including phenoxy) is 1. The standard InChI is InChI=1S/C9H10N4O/c10-7-8-1-2-11-12-9(8)13-3-5-14-6-4-13/h1-2H,3-6H2. The Labute approximate surface area is 81.9 Å². The third kappa shape index (κ3) is 1.65. The Hall–Kier alpha value is -1.67. The fourth-order valence-electron chi connectivity index (χ4n) is 1.42. The minimum Gasteiger partial charge on any atom is -0.378 e. The summed E-state index contributed by atoms with van der Waals surface area (Å²) in [7, 11) is 0. The molecule has 72 valence electrons. The van der Waals surface area contributed by atoms with Crippen molar-refractivity contribution < 1.29 is 4.74 Å². The zero-order valence-electron chi connectivity index (χ0n) is 7.68. The lowest BCUT2D eigenvalue weighted by atomic mass is 10.3. The Bertz CT molecular complexity index is 354. The van der Waals surface area contributed by atoms with Crippen LogP contribution in [0.5, 0.6) is 0 Å². The molecule has 0 bridgehead atoms. The largest absolute Gasteiger partial charge is 0.378 e. The van der Waals surface area contributed by atoms with Crippen LogP contribution in [0.15, 0.2) is 12.3 Å². The van der Waals surface area contributed by atoms with Crippen LogP contribution in [-0.4, -0.2) is 36.5 Å². The molecule has 1 aliphatic rings. The van der Waals surface area contributed by atoms with Gasteiger partial charge >= 0.3 is 0 Å². The first-order valence-electron chi connectivity index (χ1n) is 4.46. The van der Waals surface area contributed by atoms with Crippen molar-refractivity contribution in [2.45, 2.75) is 0 Å². The van der Waals surface area contributed by atoms with Crippen molar-refractivity contribution in [3.63, 3.8) is 0 Å². The molecule has 5 heteroatoms.